The van der Waals surface area contributed by atoms with Crippen molar-refractivity contribution >= 4 is 24.1 Å². The lowest BCUT2D eigenvalue weighted by Gasteiger charge is -2.21. The fraction of sp³-hybridized carbons (Fsp3) is 0.448. The Morgan fingerprint density at radius 1 is 0.769 bits per heavy atom. The largest absolute Gasteiger partial charge is 0.459 e. The number of hydrogen-bond acceptors (Lipinski definition) is 7. The highest BCUT2D eigenvalue weighted by atomic mass is 16.6. The van der Waals surface area contributed by atoms with Gasteiger partial charge < -0.3 is 30.2 Å². The second-order valence-electron chi connectivity index (χ2n) is 10.0. The molecule has 0 radical (unpaired) electrons. The van der Waals surface area contributed by atoms with Crippen LogP contribution in [0.3, 0.4) is 0 Å². The van der Waals surface area contributed by atoms with Crippen molar-refractivity contribution in [3.05, 3.63) is 71.8 Å². The minimum absolute atomic E-state index is 0.0447. The van der Waals surface area contributed by atoms with Crippen LogP contribution in [0.1, 0.15) is 58.1 Å². The zero-order valence-electron chi connectivity index (χ0n) is 23.0. The molecule has 0 spiro atoms. The van der Waals surface area contributed by atoms with Gasteiger partial charge in [-0.3, -0.25) is 4.79 Å². The molecule has 0 aliphatic carbocycles. The minimum atomic E-state index is -0.959. The molecular formula is C29H39N3O7. The van der Waals surface area contributed by atoms with Gasteiger partial charge in [0.15, 0.2) is 0 Å². The Labute approximate surface area is 229 Å². The monoisotopic (exact) mass is 541 g/mol. The van der Waals surface area contributed by atoms with Crippen LogP contribution in [0, 0.1) is 0 Å². The van der Waals surface area contributed by atoms with E-state index in [-0.39, 0.29) is 19.6 Å². The average molecular weight is 542 g/mol. The quantitative estimate of drug-likeness (QED) is 0.196. The molecule has 2 aromatic rings. The van der Waals surface area contributed by atoms with Crippen molar-refractivity contribution in [3.8, 4) is 0 Å². The van der Waals surface area contributed by atoms with E-state index < -0.39 is 41.7 Å². The SMILES string of the molecule is C[C@H](NC(=O)[C@H](CCCCNC(=O)OC(C)(C)C)NC(=O)OCc1ccccc1)C(=O)OCc1ccccc1. The lowest BCUT2D eigenvalue weighted by molar-refractivity contribution is -0.148. The van der Waals surface area contributed by atoms with Crippen molar-refractivity contribution in [2.24, 2.45) is 0 Å². The second kappa shape index (κ2) is 16.0. The molecule has 212 valence electrons. The highest BCUT2D eigenvalue weighted by Crippen LogP contribution is 2.08. The number of nitrogens with one attached hydrogen (secondary N) is 3. The molecule has 10 heteroatoms. The molecule has 0 saturated heterocycles. The molecule has 3 amide bonds. The number of unbranched alkanes of at least 4 members (excludes halogenated alkanes) is 1. The number of rotatable bonds is 13. The summed E-state index contributed by atoms with van der Waals surface area (Å²) in [5.74, 6) is -1.14. The summed E-state index contributed by atoms with van der Waals surface area (Å²) in [6.45, 7) is 7.30. The molecule has 0 fully saturated rings. The average Bonchev–Trinajstić information content (AvgIpc) is 2.89. The van der Waals surface area contributed by atoms with Crippen molar-refractivity contribution in [1.29, 1.82) is 0 Å². The van der Waals surface area contributed by atoms with Gasteiger partial charge in [-0.1, -0.05) is 60.7 Å². The van der Waals surface area contributed by atoms with Crippen LogP contribution in [0.15, 0.2) is 60.7 Å². The summed E-state index contributed by atoms with van der Waals surface area (Å²) in [5.41, 5.74) is 1.03. The molecule has 0 aliphatic rings. The maximum atomic E-state index is 13.0. The first kappa shape index (κ1) is 31.1. The smallest absolute Gasteiger partial charge is 0.408 e. The van der Waals surface area contributed by atoms with Crippen LogP contribution in [-0.4, -0.2) is 48.3 Å². The van der Waals surface area contributed by atoms with E-state index in [4.69, 9.17) is 14.2 Å². The van der Waals surface area contributed by atoms with Gasteiger partial charge in [-0.15, -0.1) is 0 Å². The summed E-state index contributed by atoms with van der Waals surface area (Å²) in [4.78, 5) is 49.7. The summed E-state index contributed by atoms with van der Waals surface area (Å²) in [5, 5.41) is 7.85. The van der Waals surface area contributed by atoms with Crippen molar-refractivity contribution in [1.82, 2.24) is 16.0 Å². The van der Waals surface area contributed by atoms with Crippen LogP contribution in [0.25, 0.3) is 0 Å². The van der Waals surface area contributed by atoms with E-state index in [9.17, 15) is 19.2 Å². The molecule has 0 aliphatic heterocycles. The Morgan fingerprint density at radius 3 is 1.90 bits per heavy atom. The zero-order chi connectivity index (χ0) is 28.7. The molecular weight excluding hydrogens is 502 g/mol. The first-order valence-electron chi connectivity index (χ1n) is 13.0. The maximum absolute atomic E-state index is 13.0. The lowest BCUT2D eigenvalue weighted by atomic mass is 10.1. The number of ether oxygens (including phenoxy) is 3. The Morgan fingerprint density at radius 2 is 1.33 bits per heavy atom. The van der Waals surface area contributed by atoms with Gasteiger partial charge in [-0.05, 0) is 58.1 Å². The highest BCUT2D eigenvalue weighted by Gasteiger charge is 2.25. The van der Waals surface area contributed by atoms with Gasteiger partial charge in [-0.2, -0.15) is 0 Å². The van der Waals surface area contributed by atoms with Crippen LogP contribution in [0.2, 0.25) is 0 Å². The number of carbonyl (C=O) groups is 4. The molecule has 3 N–H and O–H groups in total. The van der Waals surface area contributed by atoms with Crippen LogP contribution < -0.4 is 16.0 Å². The molecule has 0 aromatic heterocycles. The van der Waals surface area contributed by atoms with Gasteiger partial charge in [0.2, 0.25) is 5.91 Å². The first-order chi connectivity index (χ1) is 18.5. The van der Waals surface area contributed by atoms with Crippen LogP contribution in [-0.2, 0) is 37.0 Å². The Bertz CT molecular complexity index is 1060. The van der Waals surface area contributed by atoms with Gasteiger partial charge in [0.05, 0.1) is 0 Å². The summed E-state index contributed by atoms with van der Waals surface area (Å²) < 4.78 is 15.8. The van der Waals surface area contributed by atoms with E-state index in [0.29, 0.717) is 19.4 Å². The zero-order valence-corrected chi connectivity index (χ0v) is 23.0. The first-order valence-corrected chi connectivity index (χ1v) is 13.0. The van der Waals surface area contributed by atoms with Gasteiger partial charge in [0, 0.05) is 6.54 Å². The molecule has 2 atom stereocenters. The van der Waals surface area contributed by atoms with Gasteiger partial charge in [0.1, 0.15) is 30.9 Å². The third-order valence-corrected chi connectivity index (χ3v) is 5.35. The maximum Gasteiger partial charge on any atom is 0.408 e. The lowest BCUT2D eigenvalue weighted by Crippen LogP contribution is -2.51. The predicted molar refractivity (Wildman–Crippen MR) is 145 cm³/mol. The summed E-state index contributed by atoms with van der Waals surface area (Å²) in [7, 11) is 0. The topological polar surface area (TPSA) is 132 Å². The normalized spacial score (nSPS) is 12.4. The van der Waals surface area contributed by atoms with Crippen LogP contribution in [0.4, 0.5) is 9.59 Å². The Balaban J connectivity index is 1.88. The van der Waals surface area contributed by atoms with Gasteiger partial charge in [0.25, 0.3) is 0 Å². The number of hydrogen-bond donors (Lipinski definition) is 3. The molecule has 39 heavy (non-hydrogen) atoms. The molecule has 0 bridgehead atoms. The predicted octanol–water partition coefficient (Wildman–Crippen LogP) is 4.22. The van der Waals surface area contributed by atoms with E-state index in [1.54, 1.807) is 20.8 Å². The summed E-state index contributed by atoms with van der Waals surface area (Å²) in [6.07, 6.45) is 0.0130. The molecule has 2 rings (SSSR count). The fourth-order valence-corrected chi connectivity index (χ4v) is 3.38. The number of amides is 3. The summed E-state index contributed by atoms with van der Waals surface area (Å²) in [6, 6.07) is 16.5. The number of esters is 1. The third-order valence-electron chi connectivity index (χ3n) is 5.35. The highest BCUT2D eigenvalue weighted by molar-refractivity contribution is 5.89. The standard InChI is InChI=1S/C29H39N3O7/c1-21(26(34)37-19-22-13-7-5-8-14-22)31-25(33)24(17-11-12-18-30-27(35)39-29(2,3)4)32-28(36)38-20-23-15-9-6-10-16-23/h5-10,13-16,21,24H,11-12,17-20H2,1-4H3,(H,30,35)(H,31,33)(H,32,36)/t21-,24-/m0/s1. The Kier molecular flexibility index (Phi) is 12.8. The molecule has 0 unspecified atom stereocenters. The molecule has 0 heterocycles. The molecule has 2 aromatic carbocycles. The van der Waals surface area contributed by atoms with Gasteiger partial charge in [-0.25, -0.2) is 14.4 Å². The number of alkyl carbamates (subject to hydrolysis) is 2. The van der Waals surface area contributed by atoms with Crippen molar-refractivity contribution in [2.45, 2.75) is 77.9 Å². The van der Waals surface area contributed by atoms with Crippen LogP contribution >= 0.6 is 0 Å². The fourth-order valence-electron chi connectivity index (χ4n) is 3.38. The van der Waals surface area contributed by atoms with E-state index in [0.717, 1.165) is 11.1 Å². The van der Waals surface area contributed by atoms with Crippen LogP contribution in [0.5, 0.6) is 0 Å². The van der Waals surface area contributed by atoms with Crippen molar-refractivity contribution < 1.29 is 33.4 Å². The minimum Gasteiger partial charge on any atom is -0.459 e. The van der Waals surface area contributed by atoms with E-state index >= 15 is 0 Å². The van der Waals surface area contributed by atoms with Gasteiger partial charge >= 0.3 is 18.2 Å². The Hall–Kier alpha value is -4.08. The van der Waals surface area contributed by atoms with Crippen molar-refractivity contribution in [2.75, 3.05) is 6.54 Å². The number of benzene rings is 2. The molecule has 0 saturated carbocycles. The van der Waals surface area contributed by atoms with E-state index in [1.807, 2.05) is 60.7 Å². The second-order valence-corrected chi connectivity index (χ2v) is 10.0. The number of carbonyl (C=O) groups excluding carboxylic acids is 4. The molecule has 10 nitrogen and oxygen atoms in total. The van der Waals surface area contributed by atoms with E-state index in [1.165, 1.54) is 6.92 Å². The third kappa shape index (κ3) is 13.3. The van der Waals surface area contributed by atoms with Crippen molar-refractivity contribution in [3.63, 3.8) is 0 Å². The van der Waals surface area contributed by atoms with E-state index in [2.05, 4.69) is 16.0 Å². The summed E-state index contributed by atoms with van der Waals surface area (Å²) >= 11 is 0.